The lowest BCUT2D eigenvalue weighted by Gasteiger charge is -2.22. The van der Waals surface area contributed by atoms with Gasteiger partial charge in [-0.05, 0) is 56.9 Å². The molecule has 214 valence electrons. The van der Waals surface area contributed by atoms with Crippen molar-refractivity contribution < 1.29 is 13.2 Å². The number of aromatic amines is 2. The Morgan fingerprint density at radius 2 is 1.92 bits per heavy atom. The number of aromatic nitrogens is 4. The third kappa shape index (κ3) is 8.51. The number of urea groups is 1. The standard InChI is InChI=1S/C27H42N8O3S/c1-3-35(4-2)15-10-16-39(37,38)34-24(17-20-18-28-23-14-9-8-13-22(20)23)26-31-25(32-33-26)19-29-27(36)30-21-11-6-5-7-12-21/h8-9,13-14,18,21,24,28,34H,3-7,10-12,15-17,19H2,1-2H3,(H2,29,30,36)(H,31,32,33)/t24-/m1/s1. The lowest BCUT2D eigenvalue weighted by Crippen LogP contribution is -2.42. The SMILES string of the molecule is CCN(CC)CCCS(=O)(=O)N[C@H](Cc1c[nH]c2ccccc12)c1n[nH]c(CNC(=O)NC2CCCCC2)n1. The quantitative estimate of drug-likeness (QED) is 0.205. The smallest absolute Gasteiger partial charge is 0.315 e. The first kappa shape index (κ1) is 29.0. The molecule has 1 atom stereocenters. The van der Waals surface area contributed by atoms with Crippen molar-refractivity contribution >= 4 is 27.0 Å². The number of H-pyrrole nitrogens is 2. The van der Waals surface area contributed by atoms with Gasteiger partial charge in [0.05, 0.1) is 18.3 Å². The second-order valence-electron chi connectivity index (χ2n) is 10.2. The molecule has 3 aromatic rings. The molecule has 1 aliphatic rings. The van der Waals surface area contributed by atoms with Crippen LogP contribution < -0.4 is 15.4 Å². The van der Waals surface area contributed by atoms with Gasteiger partial charge in [0.1, 0.15) is 5.82 Å². The van der Waals surface area contributed by atoms with Gasteiger partial charge in [0.15, 0.2) is 5.82 Å². The Kier molecular flexibility index (Phi) is 10.4. The van der Waals surface area contributed by atoms with E-state index < -0.39 is 16.1 Å². The summed E-state index contributed by atoms with van der Waals surface area (Å²) in [6.07, 6.45) is 8.33. The van der Waals surface area contributed by atoms with Crippen molar-refractivity contribution in [2.75, 3.05) is 25.4 Å². The van der Waals surface area contributed by atoms with Crippen LogP contribution in [-0.4, -0.2) is 70.9 Å². The van der Waals surface area contributed by atoms with E-state index >= 15 is 0 Å². The number of rotatable bonds is 14. The number of hydrogen-bond donors (Lipinski definition) is 5. The van der Waals surface area contributed by atoms with Crippen LogP contribution in [0.4, 0.5) is 4.79 Å². The number of nitrogens with one attached hydrogen (secondary N) is 5. The summed E-state index contributed by atoms with van der Waals surface area (Å²) in [5, 5.41) is 14.1. The molecule has 1 aliphatic carbocycles. The second kappa shape index (κ2) is 13.9. The summed E-state index contributed by atoms with van der Waals surface area (Å²) in [6.45, 7) is 6.81. The van der Waals surface area contributed by atoms with E-state index in [0.29, 0.717) is 24.5 Å². The van der Waals surface area contributed by atoms with Crippen LogP contribution in [0.5, 0.6) is 0 Å². The normalized spacial score (nSPS) is 15.6. The second-order valence-corrected chi connectivity index (χ2v) is 12.1. The highest BCUT2D eigenvalue weighted by Gasteiger charge is 2.25. The molecule has 0 bridgehead atoms. The molecule has 2 amide bonds. The highest BCUT2D eigenvalue weighted by Crippen LogP contribution is 2.24. The summed E-state index contributed by atoms with van der Waals surface area (Å²) in [5.74, 6) is 0.833. The highest BCUT2D eigenvalue weighted by atomic mass is 32.2. The maximum Gasteiger partial charge on any atom is 0.315 e. The van der Waals surface area contributed by atoms with Crippen molar-refractivity contribution in [2.45, 2.75) is 77.4 Å². The largest absolute Gasteiger partial charge is 0.361 e. The molecule has 2 aromatic heterocycles. The fourth-order valence-corrected chi connectivity index (χ4v) is 6.44. The highest BCUT2D eigenvalue weighted by molar-refractivity contribution is 7.89. The van der Waals surface area contributed by atoms with Crippen molar-refractivity contribution in [3.8, 4) is 0 Å². The van der Waals surface area contributed by atoms with Gasteiger partial charge in [0.2, 0.25) is 10.0 Å². The first-order chi connectivity index (χ1) is 18.9. The topological polar surface area (TPSA) is 148 Å². The monoisotopic (exact) mass is 558 g/mol. The molecule has 1 aromatic carbocycles. The van der Waals surface area contributed by atoms with Crippen molar-refractivity contribution in [1.29, 1.82) is 0 Å². The van der Waals surface area contributed by atoms with E-state index in [4.69, 9.17) is 0 Å². The van der Waals surface area contributed by atoms with Crippen LogP contribution in [0.3, 0.4) is 0 Å². The molecule has 0 spiro atoms. The van der Waals surface area contributed by atoms with Crippen molar-refractivity contribution in [3.05, 3.63) is 47.7 Å². The molecule has 5 N–H and O–H groups in total. The number of hydrogen-bond acceptors (Lipinski definition) is 6. The Balaban J connectivity index is 1.43. The van der Waals surface area contributed by atoms with Gasteiger partial charge < -0.3 is 20.5 Å². The maximum atomic E-state index is 13.1. The van der Waals surface area contributed by atoms with E-state index in [1.165, 1.54) is 6.42 Å². The van der Waals surface area contributed by atoms with Gasteiger partial charge in [0, 0.05) is 23.1 Å². The van der Waals surface area contributed by atoms with E-state index in [1.54, 1.807) is 0 Å². The Hall–Kier alpha value is -2.96. The molecule has 1 fully saturated rings. The van der Waals surface area contributed by atoms with E-state index in [-0.39, 0.29) is 24.4 Å². The molecular weight excluding hydrogens is 516 g/mol. The molecule has 4 rings (SSSR count). The zero-order valence-electron chi connectivity index (χ0n) is 23.0. The van der Waals surface area contributed by atoms with Crippen LogP contribution in [0.25, 0.3) is 10.9 Å². The Morgan fingerprint density at radius 1 is 1.15 bits per heavy atom. The third-order valence-corrected chi connectivity index (χ3v) is 8.89. The molecule has 12 heteroatoms. The van der Waals surface area contributed by atoms with E-state index in [9.17, 15) is 13.2 Å². The number of carbonyl (C=O) groups excluding carboxylic acids is 1. The molecule has 2 heterocycles. The predicted molar refractivity (Wildman–Crippen MR) is 153 cm³/mol. The van der Waals surface area contributed by atoms with Crippen LogP contribution in [0, 0.1) is 0 Å². The summed E-state index contributed by atoms with van der Waals surface area (Å²) in [6, 6.07) is 7.22. The molecule has 1 saturated carbocycles. The molecule has 0 aliphatic heterocycles. The number of fused-ring (bicyclic) bond motifs is 1. The summed E-state index contributed by atoms with van der Waals surface area (Å²) in [4.78, 5) is 22.4. The minimum absolute atomic E-state index is 0.0219. The number of benzene rings is 1. The van der Waals surface area contributed by atoms with Crippen LogP contribution >= 0.6 is 0 Å². The van der Waals surface area contributed by atoms with Crippen LogP contribution in [0.15, 0.2) is 30.5 Å². The zero-order valence-corrected chi connectivity index (χ0v) is 23.8. The molecule has 0 unspecified atom stereocenters. The minimum atomic E-state index is -3.59. The summed E-state index contributed by atoms with van der Waals surface area (Å²) < 4.78 is 29.1. The molecule has 11 nitrogen and oxygen atoms in total. The first-order valence-corrected chi connectivity index (χ1v) is 15.7. The van der Waals surface area contributed by atoms with Crippen LogP contribution in [0.2, 0.25) is 0 Å². The van der Waals surface area contributed by atoms with Gasteiger partial charge in [-0.25, -0.2) is 22.9 Å². The Labute approximate surface area is 231 Å². The summed E-state index contributed by atoms with van der Waals surface area (Å²) in [7, 11) is -3.59. The number of amides is 2. The fraction of sp³-hybridized carbons (Fsp3) is 0.593. The first-order valence-electron chi connectivity index (χ1n) is 14.1. The van der Waals surface area contributed by atoms with Gasteiger partial charge in [0.25, 0.3) is 0 Å². The average Bonchev–Trinajstić information content (AvgIpc) is 3.58. The van der Waals surface area contributed by atoms with Gasteiger partial charge in [-0.3, -0.25) is 5.10 Å². The zero-order chi connectivity index (χ0) is 27.7. The van der Waals surface area contributed by atoms with Gasteiger partial charge in [-0.1, -0.05) is 51.3 Å². The van der Waals surface area contributed by atoms with E-state index in [1.807, 2.05) is 30.5 Å². The molecular formula is C27H42N8O3S. The van der Waals surface area contributed by atoms with Gasteiger partial charge >= 0.3 is 6.03 Å². The number of nitrogens with zero attached hydrogens (tertiary/aromatic N) is 3. The minimum Gasteiger partial charge on any atom is -0.361 e. The van der Waals surface area contributed by atoms with E-state index in [0.717, 1.165) is 61.8 Å². The lowest BCUT2D eigenvalue weighted by molar-refractivity contribution is 0.232. The van der Waals surface area contributed by atoms with Crippen LogP contribution in [-0.2, 0) is 23.0 Å². The molecule has 0 saturated heterocycles. The van der Waals surface area contributed by atoms with Gasteiger partial charge in [-0.15, -0.1) is 0 Å². The van der Waals surface area contributed by atoms with Crippen molar-refractivity contribution in [3.63, 3.8) is 0 Å². The number of para-hydroxylation sites is 1. The average molecular weight is 559 g/mol. The maximum absolute atomic E-state index is 13.1. The van der Waals surface area contributed by atoms with Gasteiger partial charge in [-0.2, -0.15) is 5.10 Å². The summed E-state index contributed by atoms with van der Waals surface area (Å²) >= 11 is 0. The number of sulfonamides is 1. The third-order valence-electron chi connectivity index (χ3n) is 7.42. The lowest BCUT2D eigenvalue weighted by atomic mass is 9.96. The predicted octanol–water partition coefficient (Wildman–Crippen LogP) is 3.35. The summed E-state index contributed by atoms with van der Waals surface area (Å²) in [5.41, 5.74) is 1.95. The Morgan fingerprint density at radius 3 is 2.69 bits per heavy atom. The van der Waals surface area contributed by atoms with E-state index in [2.05, 4.69) is 54.3 Å². The Bertz CT molecular complexity index is 1300. The van der Waals surface area contributed by atoms with Crippen molar-refractivity contribution in [1.82, 2.24) is 40.4 Å². The number of carbonyl (C=O) groups is 1. The van der Waals surface area contributed by atoms with Crippen LogP contribution in [0.1, 0.15) is 75.6 Å². The van der Waals surface area contributed by atoms with Crippen molar-refractivity contribution in [2.24, 2.45) is 0 Å². The molecule has 0 radical (unpaired) electrons. The molecule has 39 heavy (non-hydrogen) atoms. The fourth-order valence-electron chi connectivity index (χ4n) is 5.19.